The minimum Gasteiger partial charge on any atom is -0.367 e. The van der Waals surface area contributed by atoms with Gasteiger partial charge in [-0.2, -0.15) is 0 Å². The van der Waals surface area contributed by atoms with E-state index in [4.69, 9.17) is 5.73 Å². The molecule has 2 unspecified atom stereocenters. The number of nitrogen functional groups attached to an aromatic ring is 1. The van der Waals surface area contributed by atoms with E-state index in [1.165, 1.54) is 12.8 Å². The molecule has 1 fully saturated rings. The Morgan fingerprint density at radius 3 is 3.00 bits per heavy atom. The molecule has 1 aliphatic rings. The third kappa shape index (κ3) is 0.983. The fourth-order valence-electron chi connectivity index (χ4n) is 1.61. The zero-order chi connectivity index (χ0) is 8.77. The van der Waals surface area contributed by atoms with Crippen LogP contribution in [0.25, 0.3) is 0 Å². The first-order valence-corrected chi connectivity index (χ1v) is 4.32. The summed E-state index contributed by atoms with van der Waals surface area (Å²) in [5.74, 6) is 0.375. The Morgan fingerprint density at radius 2 is 2.58 bits per heavy atom. The molecule has 1 saturated carbocycles. The van der Waals surface area contributed by atoms with Crippen LogP contribution in [-0.4, -0.2) is 14.8 Å². The second-order valence-corrected chi connectivity index (χ2v) is 3.81. The average Bonchev–Trinajstić information content (AvgIpc) is 2.54. The largest absolute Gasteiger partial charge is 0.367 e. The summed E-state index contributed by atoms with van der Waals surface area (Å²) in [4.78, 5) is 3.91. The van der Waals surface area contributed by atoms with Crippen LogP contribution in [0.3, 0.4) is 0 Å². The SMILES string of the molecule is CCC1(C)CC1n1cnc(N)n1. The van der Waals surface area contributed by atoms with Crippen LogP contribution < -0.4 is 5.73 Å². The van der Waals surface area contributed by atoms with Gasteiger partial charge in [0.1, 0.15) is 6.33 Å². The van der Waals surface area contributed by atoms with Crippen LogP contribution in [0.15, 0.2) is 6.33 Å². The van der Waals surface area contributed by atoms with Gasteiger partial charge in [0.05, 0.1) is 6.04 Å². The quantitative estimate of drug-likeness (QED) is 0.718. The van der Waals surface area contributed by atoms with Gasteiger partial charge in [-0.25, -0.2) is 9.67 Å². The van der Waals surface area contributed by atoms with E-state index in [0.717, 1.165) is 0 Å². The Balaban J connectivity index is 2.15. The molecule has 2 atom stereocenters. The molecule has 4 heteroatoms. The third-order valence-corrected chi connectivity index (χ3v) is 2.96. The summed E-state index contributed by atoms with van der Waals surface area (Å²) in [5.41, 5.74) is 5.86. The van der Waals surface area contributed by atoms with Crippen molar-refractivity contribution in [2.75, 3.05) is 5.73 Å². The van der Waals surface area contributed by atoms with Crippen molar-refractivity contribution >= 4 is 5.95 Å². The number of nitrogens with zero attached hydrogens (tertiary/aromatic N) is 3. The predicted molar refractivity (Wildman–Crippen MR) is 46.5 cm³/mol. The summed E-state index contributed by atoms with van der Waals surface area (Å²) in [6.45, 7) is 4.48. The van der Waals surface area contributed by atoms with Crippen molar-refractivity contribution in [2.45, 2.75) is 32.7 Å². The first kappa shape index (κ1) is 7.58. The molecule has 1 aliphatic carbocycles. The predicted octanol–water partition coefficient (Wildman–Crippen LogP) is 1.22. The summed E-state index contributed by atoms with van der Waals surface area (Å²) < 4.78 is 1.89. The maximum Gasteiger partial charge on any atom is 0.239 e. The summed E-state index contributed by atoms with van der Waals surface area (Å²) in [6.07, 6.45) is 4.12. The first-order valence-electron chi connectivity index (χ1n) is 4.32. The Hall–Kier alpha value is -1.06. The Labute approximate surface area is 71.8 Å². The van der Waals surface area contributed by atoms with Crippen molar-refractivity contribution in [3.05, 3.63) is 6.33 Å². The van der Waals surface area contributed by atoms with Gasteiger partial charge in [-0.15, -0.1) is 5.10 Å². The molecule has 0 radical (unpaired) electrons. The van der Waals surface area contributed by atoms with Gasteiger partial charge in [0.25, 0.3) is 0 Å². The van der Waals surface area contributed by atoms with Crippen LogP contribution in [0, 0.1) is 5.41 Å². The number of aromatic nitrogens is 3. The summed E-state index contributed by atoms with van der Waals surface area (Å²) >= 11 is 0. The lowest BCUT2D eigenvalue weighted by molar-refractivity contribution is 0.452. The van der Waals surface area contributed by atoms with Crippen LogP contribution in [0.4, 0.5) is 5.95 Å². The minimum absolute atomic E-state index is 0.375. The van der Waals surface area contributed by atoms with Crippen LogP contribution >= 0.6 is 0 Å². The molecule has 0 bridgehead atoms. The topological polar surface area (TPSA) is 56.7 Å². The van der Waals surface area contributed by atoms with Crippen molar-refractivity contribution in [2.24, 2.45) is 5.41 Å². The van der Waals surface area contributed by atoms with Gasteiger partial charge in [0, 0.05) is 0 Å². The molecule has 0 amide bonds. The number of hydrogen-bond acceptors (Lipinski definition) is 3. The third-order valence-electron chi connectivity index (χ3n) is 2.96. The molecule has 4 nitrogen and oxygen atoms in total. The molecule has 0 spiro atoms. The highest BCUT2D eigenvalue weighted by Gasteiger charge is 2.50. The summed E-state index contributed by atoms with van der Waals surface area (Å²) in [5, 5.41) is 4.10. The molecule has 66 valence electrons. The van der Waals surface area contributed by atoms with Gasteiger partial charge in [-0.05, 0) is 18.3 Å². The Morgan fingerprint density at radius 1 is 1.83 bits per heavy atom. The molecule has 12 heavy (non-hydrogen) atoms. The smallest absolute Gasteiger partial charge is 0.239 e. The van der Waals surface area contributed by atoms with Crippen LogP contribution in [0.5, 0.6) is 0 Å². The summed E-state index contributed by atoms with van der Waals surface area (Å²) in [6, 6.07) is 0.521. The first-order chi connectivity index (χ1) is 5.65. The molecule has 2 N–H and O–H groups in total. The normalized spacial score (nSPS) is 33.7. The highest BCUT2D eigenvalue weighted by Crippen LogP contribution is 2.57. The monoisotopic (exact) mass is 166 g/mol. The maximum atomic E-state index is 5.43. The highest BCUT2D eigenvalue weighted by molar-refractivity contribution is 5.12. The number of anilines is 1. The van der Waals surface area contributed by atoms with Crippen molar-refractivity contribution in [1.29, 1.82) is 0 Å². The fraction of sp³-hybridized carbons (Fsp3) is 0.750. The van der Waals surface area contributed by atoms with Crippen molar-refractivity contribution in [3.63, 3.8) is 0 Å². The second kappa shape index (κ2) is 2.21. The van der Waals surface area contributed by atoms with Crippen molar-refractivity contribution < 1.29 is 0 Å². The molecule has 1 aromatic rings. The van der Waals surface area contributed by atoms with Gasteiger partial charge in [-0.1, -0.05) is 13.8 Å². The zero-order valence-electron chi connectivity index (χ0n) is 7.49. The van der Waals surface area contributed by atoms with Gasteiger partial charge >= 0.3 is 0 Å². The molecule has 0 aliphatic heterocycles. The average molecular weight is 166 g/mol. The fourth-order valence-corrected chi connectivity index (χ4v) is 1.61. The van der Waals surface area contributed by atoms with Gasteiger partial charge in [-0.3, -0.25) is 0 Å². The highest BCUT2D eigenvalue weighted by atomic mass is 15.4. The maximum absolute atomic E-state index is 5.43. The van der Waals surface area contributed by atoms with Gasteiger partial charge < -0.3 is 5.73 Å². The van der Waals surface area contributed by atoms with Crippen molar-refractivity contribution in [1.82, 2.24) is 14.8 Å². The molecular formula is C8H14N4. The van der Waals surface area contributed by atoms with Crippen molar-refractivity contribution in [3.8, 4) is 0 Å². The lowest BCUT2D eigenvalue weighted by atomic mass is 10.1. The zero-order valence-corrected chi connectivity index (χ0v) is 7.49. The van der Waals surface area contributed by atoms with E-state index in [0.29, 0.717) is 17.4 Å². The van der Waals surface area contributed by atoms with E-state index in [9.17, 15) is 0 Å². The van der Waals surface area contributed by atoms with E-state index in [-0.39, 0.29) is 0 Å². The molecular weight excluding hydrogens is 152 g/mol. The molecule has 2 rings (SSSR count). The molecule has 0 saturated heterocycles. The van der Waals surface area contributed by atoms with Crippen LogP contribution in [-0.2, 0) is 0 Å². The Kier molecular flexibility index (Phi) is 1.40. The summed E-state index contributed by atoms with van der Waals surface area (Å²) in [7, 11) is 0. The molecule has 1 heterocycles. The van der Waals surface area contributed by atoms with Gasteiger partial charge in [0.15, 0.2) is 0 Å². The van der Waals surface area contributed by atoms with Crippen LogP contribution in [0.1, 0.15) is 32.7 Å². The van der Waals surface area contributed by atoms with E-state index in [1.54, 1.807) is 6.33 Å². The number of hydrogen-bond donors (Lipinski definition) is 1. The van der Waals surface area contributed by atoms with E-state index in [1.807, 2.05) is 4.68 Å². The lowest BCUT2D eigenvalue weighted by Crippen LogP contribution is -2.03. The van der Waals surface area contributed by atoms with Crippen LogP contribution in [0.2, 0.25) is 0 Å². The number of rotatable bonds is 2. The van der Waals surface area contributed by atoms with E-state index in [2.05, 4.69) is 23.9 Å². The second-order valence-electron chi connectivity index (χ2n) is 3.81. The molecule has 0 aromatic carbocycles. The lowest BCUT2D eigenvalue weighted by Gasteiger charge is -2.05. The minimum atomic E-state index is 0.375. The van der Waals surface area contributed by atoms with Gasteiger partial charge in [0.2, 0.25) is 5.95 Å². The van der Waals surface area contributed by atoms with E-state index < -0.39 is 0 Å². The molecule has 1 aromatic heterocycles. The standard InChI is InChI=1S/C8H14N4/c1-3-8(2)4-6(8)12-5-10-7(9)11-12/h5-6H,3-4H2,1-2H3,(H2,9,11). The number of nitrogens with two attached hydrogens (primary N) is 1. The Bertz CT molecular complexity index is 293. The van der Waals surface area contributed by atoms with E-state index >= 15 is 0 Å².